The fourth-order valence-electron chi connectivity index (χ4n) is 6.22. The third kappa shape index (κ3) is 5.65. The maximum absolute atomic E-state index is 9.52. The normalized spacial score (nSPS) is 20.3. The Hall–Kier alpha value is -3.81. The van der Waals surface area contributed by atoms with Crippen LogP contribution in [0.5, 0.6) is 0 Å². The number of nitrogens with zero attached hydrogens (tertiary/aromatic N) is 7. The Morgan fingerprint density at radius 1 is 0.872 bits per heavy atom. The van der Waals surface area contributed by atoms with Crippen molar-refractivity contribution in [3.63, 3.8) is 0 Å². The topological polar surface area (TPSA) is 72.9 Å². The van der Waals surface area contributed by atoms with Gasteiger partial charge in [0.1, 0.15) is 12.1 Å². The summed E-state index contributed by atoms with van der Waals surface area (Å²) >= 11 is 0. The van der Waals surface area contributed by atoms with Crippen molar-refractivity contribution in [2.75, 3.05) is 52.4 Å². The Balaban J connectivity index is 1.21. The van der Waals surface area contributed by atoms with Crippen LogP contribution in [0.3, 0.4) is 0 Å². The molecule has 0 unspecified atom stereocenters. The highest BCUT2D eigenvalue weighted by Crippen LogP contribution is 2.30. The lowest BCUT2D eigenvalue weighted by Crippen LogP contribution is -2.45. The van der Waals surface area contributed by atoms with Crippen LogP contribution in [-0.4, -0.2) is 77.7 Å². The van der Waals surface area contributed by atoms with E-state index in [4.69, 9.17) is 0 Å². The molecule has 0 amide bonds. The van der Waals surface area contributed by atoms with Crippen LogP contribution in [0.2, 0.25) is 0 Å². The zero-order valence-corrected chi connectivity index (χ0v) is 23.6. The highest BCUT2D eigenvalue weighted by Gasteiger charge is 2.27. The van der Waals surface area contributed by atoms with E-state index < -0.39 is 0 Å². The predicted octanol–water partition coefficient (Wildman–Crippen LogP) is 4.74. The molecule has 3 heterocycles. The number of aliphatic imine (C=N–C) groups is 1. The Bertz CT molecular complexity index is 1350. The van der Waals surface area contributed by atoms with Gasteiger partial charge in [-0.3, -0.25) is 4.90 Å². The highest BCUT2D eigenvalue weighted by molar-refractivity contribution is 5.88. The highest BCUT2D eigenvalue weighted by atomic mass is 15.3. The van der Waals surface area contributed by atoms with Crippen molar-refractivity contribution < 1.29 is 0 Å². The van der Waals surface area contributed by atoms with Gasteiger partial charge in [0.15, 0.2) is 5.70 Å². The molecule has 0 aromatic heterocycles. The molecule has 4 aliphatic rings. The number of hydrogen-bond donors (Lipinski definition) is 0. The fourth-order valence-corrected chi connectivity index (χ4v) is 6.22. The maximum atomic E-state index is 9.52. The summed E-state index contributed by atoms with van der Waals surface area (Å²) < 4.78 is 0. The zero-order chi connectivity index (χ0) is 27.5. The Kier molecular flexibility index (Phi) is 7.91. The first kappa shape index (κ1) is 26.8. The Morgan fingerprint density at radius 3 is 2.26 bits per heavy atom. The lowest BCUT2D eigenvalue weighted by Gasteiger charge is -2.39. The molecule has 202 valence electrons. The number of aryl methyl sites for hydroxylation is 2. The van der Waals surface area contributed by atoms with Crippen molar-refractivity contribution in [3.05, 3.63) is 75.8 Å². The number of hydrogen-bond acceptors (Lipinski definition) is 7. The minimum Gasteiger partial charge on any atom is -0.369 e. The molecule has 0 radical (unpaired) electrons. The monoisotopic (exact) mass is 521 g/mol. The van der Waals surface area contributed by atoms with Crippen molar-refractivity contribution >= 4 is 11.4 Å². The van der Waals surface area contributed by atoms with E-state index in [2.05, 4.69) is 81.4 Å². The SMILES string of the molecule is C=C(c1cc(CN2CCN(C3=CCCC=C3C#N)CC2)c(C)cc1C)N1CCN(C2=C(C#N)N=C(C)C2)CC1. The molecular weight excluding hydrogens is 482 g/mol. The molecule has 2 saturated heterocycles. The lowest BCUT2D eigenvalue weighted by atomic mass is 9.96. The van der Waals surface area contributed by atoms with Gasteiger partial charge < -0.3 is 14.7 Å². The van der Waals surface area contributed by atoms with Gasteiger partial charge in [-0.25, -0.2) is 4.99 Å². The Morgan fingerprint density at radius 2 is 1.56 bits per heavy atom. The summed E-state index contributed by atoms with van der Waals surface area (Å²) in [6.07, 6.45) is 7.09. The molecule has 1 aliphatic carbocycles. The number of piperazine rings is 2. The standard InChI is InChI=1S/C32H39N7/c1-23-17-24(2)29(26(4)37-13-15-39(16-14-37)32-18-25(3)35-30(32)21-34)19-28(23)22-36-9-11-38(12-10-36)31-8-6-5-7-27(31)20-33/h7-8,17,19H,4-6,9-16,18,22H2,1-3H3. The van der Waals surface area contributed by atoms with E-state index >= 15 is 0 Å². The summed E-state index contributed by atoms with van der Waals surface area (Å²) in [4.78, 5) is 14.1. The van der Waals surface area contributed by atoms with Gasteiger partial charge in [0.25, 0.3) is 0 Å². The summed E-state index contributed by atoms with van der Waals surface area (Å²) in [6.45, 7) is 19.3. The second kappa shape index (κ2) is 11.5. The lowest BCUT2D eigenvalue weighted by molar-refractivity contribution is 0.154. The quantitative estimate of drug-likeness (QED) is 0.539. The molecule has 3 aliphatic heterocycles. The number of nitriles is 2. The minimum absolute atomic E-state index is 0.581. The second-order valence-corrected chi connectivity index (χ2v) is 11.1. The summed E-state index contributed by atoms with van der Waals surface area (Å²) in [6, 6.07) is 9.32. The summed E-state index contributed by atoms with van der Waals surface area (Å²) in [7, 11) is 0. The van der Waals surface area contributed by atoms with Crippen LogP contribution >= 0.6 is 0 Å². The maximum Gasteiger partial charge on any atom is 0.159 e. The summed E-state index contributed by atoms with van der Waals surface area (Å²) in [5.74, 6) is 0. The van der Waals surface area contributed by atoms with Gasteiger partial charge in [-0.2, -0.15) is 10.5 Å². The number of benzene rings is 1. The van der Waals surface area contributed by atoms with E-state index in [0.717, 1.165) is 107 Å². The third-order valence-corrected chi connectivity index (χ3v) is 8.50. The second-order valence-electron chi connectivity index (χ2n) is 11.1. The molecule has 2 fully saturated rings. The van der Waals surface area contributed by atoms with E-state index in [1.807, 2.05) is 6.92 Å². The van der Waals surface area contributed by atoms with Crippen LogP contribution < -0.4 is 0 Å². The van der Waals surface area contributed by atoms with E-state index in [1.165, 1.54) is 22.3 Å². The van der Waals surface area contributed by atoms with Gasteiger partial charge >= 0.3 is 0 Å². The fraction of sp³-hybridized carbons (Fsp3) is 0.469. The van der Waals surface area contributed by atoms with E-state index in [0.29, 0.717) is 5.70 Å². The number of rotatable bonds is 6. The van der Waals surface area contributed by atoms with Crippen LogP contribution in [0, 0.1) is 36.5 Å². The largest absolute Gasteiger partial charge is 0.369 e. The first-order valence-electron chi connectivity index (χ1n) is 14.1. The van der Waals surface area contributed by atoms with Gasteiger partial charge in [0, 0.05) is 82.3 Å². The third-order valence-electron chi connectivity index (χ3n) is 8.50. The van der Waals surface area contributed by atoms with Crippen LogP contribution in [0.25, 0.3) is 5.70 Å². The van der Waals surface area contributed by atoms with Crippen LogP contribution in [-0.2, 0) is 6.54 Å². The van der Waals surface area contributed by atoms with Gasteiger partial charge in [0.05, 0.1) is 17.0 Å². The Labute approximate surface area is 233 Å². The first-order chi connectivity index (χ1) is 18.9. The molecule has 7 nitrogen and oxygen atoms in total. The van der Waals surface area contributed by atoms with Gasteiger partial charge in [-0.15, -0.1) is 0 Å². The van der Waals surface area contributed by atoms with Crippen molar-refractivity contribution in [2.24, 2.45) is 4.99 Å². The van der Waals surface area contributed by atoms with Crippen LogP contribution in [0.4, 0.5) is 0 Å². The smallest absolute Gasteiger partial charge is 0.159 e. The van der Waals surface area contributed by atoms with Gasteiger partial charge in [0.2, 0.25) is 0 Å². The summed E-state index contributed by atoms with van der Waals surface area (Å²) in [5, 5.41) is 19.0. The molecule has 0 bridgehead atoms. The first-order valence-corrected chi connectivity index (χ1v) is 14.1. The van der Waals surface area contributed by atoms with Crippen LogP contribution in [0.1, 0.15) is 48.4 Å². The molecule has 7 heteroatoms. The van der Waals surface area contributed by atoms with Crippen molar-refractivity contribution in [2.45, 2.75) is 46.6 Å². The molecule has 1 aromatic carbocycles. The molecule has 0 N–H and O–H groups in total. The average molecular weight is 522 g/mol. The van der Waals surface area contributed by atoms with E-state index in [9.17, 15) is 10.5 Å². The molecule has 0 saturated carbocycles. The average Bonchev–Trinajstić information content (AvgIpc) is 3.35. The van der Waals surface area contributed by atoms with Crippen molar-refractivity contribution in [1.82, 2.24) is 19.6 Å². The predicted molar refractivity (Wildman–Crippen MR) is 156 cm³/mol. The zero-order valence-electron chi connectivity index (χ0n) is 23.6. The minimum atomic E-state index is 0.581. The number of allylic oxidation sites excluding steroid dienone is 5. The van der Waals surface area contributed by atoms with E-state index in [1.54, 1.807) is 0 Å². The molecule has 1 aromatic rings. The van der Waals surface area contributed by atoms with Gasteiger partial charge in [-0.1, -0.05) is 24.8 Å². The van der Waals surface area contributed by atoms with Gasteiger partial charge in [-0.05, 0) is 56.4 Å². The molecule has 5 rings (SSSR count). The summed E-state index contributed by atoms with van der Waals surface area (Å²) in [5.41, 5.74) is 10.9. The molecule has 0 spiro atoms. The van der Waals surface area contributed by atoms with Crippen molar-refractivity contribution in [3.8, 4) is 12.1 Å². The molecule has 39 heavy (non-hydrogen) atoms. The van der Waals surface area contributed by atoms with Crippen LogP contribution in [0.15, 0.2) is 58.5 Å². The van der Waals surface area contributed by atoms with Crippen molar-refractivity contribution in [1.29, 1.82) is 10.5 Å². The molecular formula is C32H39N7. The molecule has 0 atom stereocenters. The van der Waals surface area contributed by atoms with E-state index in [-0.39, 0.29) is 0 Å².